The SMILES string of the molecule is COc1cc(CN2CCCC2)ccc1OC[C@@H](O)CN1CCCCCC1. The summed E-state index contributed by atoms with van der Waals surface area (Å²) >= 11 is 0. The molecule has 0 bridgehead atoms. The van der Waals surface area contributed by atoms with Crippen molar-refractivity contribution >= 4 is 0 Å². The molecule has 0 saturated carbocycles. The fourth-order valence-corrected chi connectivity index (χ4v) is 3.98. The smallest absolute Gasteiger partial charge is 0.161 e. The van der Waals surface area contributed by atoms with Crippen molar-refractivity contribution in [2.75, 3.05) is 46.4 Å². The van der Waals surface area contributed by atoms with Crippen LogP contribution in [0.25, 0.3) is 0 Å². The summed E-state index contributed by atoms with van der Waals surface area (Å²) in [5.41, 5.74) is 1.25. The average Bonchev–Trinajstić information content (AvgIpc) is 3.03. The number of hydrogen-bond acceptors (Lipinski definition) is 5. The van der Waals surface area contributed by atoms with Crippen LogP contribution in [0.15, 0.2) is 18.2 Å². The quantitative estimate of drug-likeness (QED) is 0.770. The summed E-state index contributed by atoms with van der Waals surface area (Å²) in [7, 11) is 1.68. The Morgan fingerprint density at radius 1 is 0.923 bits per heavy atom. The highest BCUT2D eigenvalue weighted by Crippen LogP contribution is 2.29. The Morgan fingerprint density at radius 3 is 2.27 bits per heavy atom. The van der Waals surface area contributed by atoms with E-state index in [0.717, 1.165) is 25.4 Å². The molecular weight excluding hydrogens is 328 g/mol. The van der Waals surface area contributed by atoms with Crippen LogP contribution in [-0.4, -0.2) is 67.5 Å². The van der Waals surface area contributed by atoms with Crippen molar-refractivity contribution in [2.24, 2.45) is 0 Å². The molecule has 0 unspecified atom stereocenters. The summed E-state index contributed by atoms with van der Waals surface area (Å²) in [4.78, 5) is 4.83. The molecule has 5 nitrogen and oxygen atoms in total. The molecule has 146 valence electrons. The van der Waals surface area contributed by atoms with Crippen LogP contribution in [0.5, 0.6) is 11.5 Å². The fraction of sp³-hybridized carbons (Fsp3) is 0.714. The molecular formula is C21H34N2O3. The lowest BCUT2D eigenvalue weighted by Gasteiger charge is -2.23. The molecule has 1 atom stereocenters. The number of likely N-dealkylation sites (tertiary alicyclic amines) is 2. The average molecular weight is 363 g/mol. The van der Waals surface area contributed by atoms with Crippen LogP contribution in [0.2, 0.25) is 0 Å². The molecule has 1 aromatic rings. The molecule has 2 fully saturated rings. The molecule has 1 aromatic carbocycles. The predicted molar refractivity (Wildman–Crippen MR) is 104 cm³/mol. The van der Waals surface area contributed by atoms with E-state index >= 15 is 0 Å². The fourth-order valence-electron chi connectivity index (χ4n) is 3.98. The highest BCUT2D eigenvalue weighted by molar-refractivity contribution is 5.43. The maximum Gasteiger partial charge on any atom is 0.161 e. The van der Waals surface area contributed by atoms with E-state index in [1.165, 1.54) is 57.2 Å². The van der Waals surface area contributed by atoms with Crippen LogP contribution in [-0.2, 0) is 6.54 Å². The number of ether oxygens (including phenoxy) is 2. The van der Waals surface area contributed by atoms with Gasteiger partial charge in [-0.25, -0.2) is 0 Å². The van der Waals surface area contributed by atoms with Gasteiger partial charge in [0, 0.05) is 13.1 Å². The van der Waals surface area contributed by atoms with Crippen molar-refractivity contribution in [2.45, 2.75) is 51.2 Å². The van der Waals surface area contributed by atoms with Crippen LogP contribution >= 0.6 is 0 Å². The molecule has 0 aromatic heterocycles. The van der Waals surface area contributed by atoms with Crippen molar-refractivity contribution < 1.29 is 14.6 Å². The maximum absolute atomic E-state index is 10.3. The minimum atomic E-state index is -0.470. The van der Waals surface area contributed by atoms with Gasteiger partial charge in [-0.2, -0.15) is 0 Å². The van der Waals surface area contributed by atoms with Crippen molar-refractivity contribution in [1.82, 2.24) is 9.80 Å². The lowest BCUT2D eigenvalue weighted by molar-refractivity contribution is 0.0683. The predicted octanol–water partition coefficient (Wildman–Crippen LogP) is 2.91. The first kappa shape index (κ1) is 19.5. The number of aliphatic hydroxyl groups excluding tert-OH is 1. The van der Waals surface area contributed by atoms with Gasteiger partial charge in [0.1, 0.15) is 12.7 Å². The van der Waals surface area contributed by atoms with Crippen LogP contribution in [0.3, 0.4) is 0 Å². The summed E-state index contributed by atoms with van der Waals surface area (Å²) in [6.45, 7) is 6.51. The number of hydrogen-bond donors (Lipinski definition) is 1. The Morgan fingerprint density at radius 2 is 1.58 bits per heavy atom. The Balaban J connectivity index is 1.49. The topological polar surface area (TPSA) is 45.2 Å². The molecule has 0 radical (unpaired) electrons. The highest BCUT2D eigenvalue weighted by Gasteiger charge is 2.16. The Hall–Kier alpha value is -1.30. The van der Waals surface area contributed by atoms with Crippen LogP contribution in [0.4, 0.5) is 0 Å². The van der Waals surface area contributed by atoms with E-state index in [1.54, 1.807) is 7.11 Å². The van der Waals surface area contributed by atoms with Crippen molar-refractivity contribution in [3.8, 4) is 11.5 Å². The monoisotopic (exact) mass is 362 g/mol. The molecule has 0 spiro atoms. The van der Waals surface area contributed by atoms with Gasteiger partial charge in [0.05, 0.1) is 7.11 Å². The first-order valence-electron chi connectivity index (χ1n) is 10.2. The molecule has 1 N–H and O–H groups in total. The molecule has 3 rings (SSSR count). The molecule has 2 aliphatic heterocycles. The van der Waals surface area contributed by atoms with Gasteiger partial charge in [-0.1, -0.05) is 18.9 Å². The van der Waals surface area contributed by atoms with Gasteiger partial charge < -0.3 is 19.5 Å². The Labute approximate surface area is 157 Å². The molecule has 0 amide bonds. The number of methoxy groups -OCH3 is 1. The third-order valence-electron chi connectivity index (χ3n) is 5.43. The summed E-state index contributed by atoms with van der Waals surface area (Å²) in [5.74, 6) is 1.47. The van der Waals surface area contributed by atoms with E-state index in [1.807, 2.05) is 6.07 Å². The lowest BCUT2D eigenvalue weighted by Crippen LogP contribution is -2.36. The van der Waals surface area contributed by atoms with Gasteiger partial charge in [-0.05, 0) is 69.6 Å². The van der Waals surface area contributed by atoms with Gasteiger partial charge >= 0.3 is 0 Å². The van der Waals surface area contributed by atoms with E-state index in [4.69, 9.17) is 9.47 Å². The van der Waals surface area contributed by atoms with Crippen LogP contribution in [0, 0.1) is 0 Å². The summed E-state index contributed by atoms with van der Waals surface area (Å²) in [5, 5.41) is 10.3. The van der Waals surface area contributed by atoms with Gasteiger partial charge in [-0.15, -0.1) is 0 Å². The molecule has 2 heterocycles. The summed E-state index contributed by atoms with van der Waals surface area (Å²) in [6.07, 6.45) is 7.22. The zero-order valence-corrected chi connectivity index (χ0v) is 16.2. The maximum atomic E-state index is 10.3. The van der Waals surface area contributed by atoms with Gasteiger partial charge in [-0.3, -0.25) is 4.90 Å². The van der Waals surface area contributed by atoms with Crippen LogP contribution in [0.1, 0.15) is 44.1 Å². The Kier molecular flexibility index (Phi) is 7.59. The van der Waals surface area contributed by atoms with E-state index in [0.29, 0.717) is 18.9 Å². The van der Waals surface area contributed by atoms with Crippen molar-refractivity contribution in [3.05, 3.63) is 23.8 Å². The first-order chi connectivity index (χ1) is 12.7. The van der Waals surface area contributed by atoms with Gasteiger partial charge in [0.15, 0.2) is 11.5 Å². The molecule has 2 saturated heterocycles. The third kappa shape index (κ3) is 5.86. The second-order valence-corrected chi connectivity index (χ2v) is 7.65. The van der Waals surface area contributed by atoms with E-state index in [9.17, 15) is 5.11 Å². The number of rotatable bonds is 8. The molecule has 5 heteroatoms. The summed E-state index contributed by atoms with van der Waals surface area (Å²) < 4.78 is 11.4. The van der Waals surface area contributed by atoms with Crippen LogP contribution < -0.4 is 9.47 Å². The number of nitrogens with zero attached hydrogens (tertiary/aromatic N) is 2. The zero-order chi connectivity index (χ0) is 18.2. The van der Waals surface area contributed by atoms with E-state index in [2.05, 4.69) is 21.9 Å². The third-order valence-corrected chi connectivity index (χ3v) is 5.43. The van der Waals surface area contributed by atoms with Gasteiger partial charge in [0.25, 0.3) is 0 Å². The van der Waals surface area contributed by atoms with Crippen molar-refractivity contribution in [1.29, 1.82) is 0 Å². The summed E-state index contributed by atoms with van der Waals surface area (Å²) in [6, 6.07) is 6.15. The first-order valence-corrected chi connectivity index (χ1v) is 10.2. The number of benzene rings is 1. The second-order valence-electron chi connectivity index (χ2n) is 7.65. The highest BCUT2D eigenvalue weighted by atomic mass is 16.5. The number of β-amino-alcohol motifs (C(OH)–C–C–N with tert-alkyl or cyclic N) is 1. The second kappa shape index (κ2) is 10.1. The van der Waals surface area contributed by atoms with E-state index in [-0.39, 0.29) is 0 Å². The minimum Gasteiger partial charge on any atom is -0.493 e. The normalized spacial score (nSPS) is 20.7. The minimum absolute atomic E-state index is 0.304. The molecule has 26 heavy (non-hydrogen) atoms. The zero-order valence-electron chi connectivity index (χ0n) is 16.2. The van der Waals surface area contributed by atoms with Gasteiger partial charge in [0.2, 0.25) is 0 Å². The standard InChI is InChI=1S/C21H34N2O3/c1-25-21-14-18(15-22-12-6-7-13-22)8-9-20(21)26-17-19(24)16-23-10-4-2-3-5-11-23/h8-9,14,19,24H,2-7,10-13,15-17H2,1H3/t19-/m0/s1. The largest absolute Gasteiger partial charge is 0.493 e. The molecule has 2 aliphatic rings. The molecule has 0 aliphatic carbocycles. The van der Waals surface area contributed by atoms with Crippen molar-refractivity contribution in [3.63, 3.8) is 0 Å². The van der Waals surface area contributed by atoms with E-state index < -0.39 is 6.10 Å². The Bertz CT molecular complexity index is 538. The number of aliphatic hydroxyl groups is 1. The lowest BCUT2D eigenvalue weighted by atomic mass is 10.2.